The highest BCUT2D eigenvalue weighted by molar-refractivity contribution is 7.13. The number of hydrogen-bond donors (Lipinski definition) is 2. The van der Waals surface area contributed by atoms with E-state index < -0.39 is 11.4 Å². The predicted molar refractivity (Wildman–Crippen MR) is 70.1 cm³/mol. The molecule has 1 aliphatic heterocycles. The normalized spacial score (nSPS) is 22.5. The third-order valence-electron chi connectivity index (χ3n) is 3.40. The highest BCUT2D eigenvalue weighted by atomic mass is 32.1. The Kier molecular flexibility index (Phi) is 3.98. The summed E-state index contributed by atoms with van der Waals surface area (Å²) in [6, 6.07) is -0.309. The van der Waals surface area contributed by atoms with E-state index in [1.54, 1.807) is 0 Å². The summed E-state index contributed by atoms with van der Waals surface area (Å²) in [6.07, 6.45) is 1.88. The maximum atomic E-state index is 12.0. The highest BCUT2D eigenvalue weighted by Crippen LogP contribution is 2.35. The van der Waals surface area contributed by atoms with Gasteiger partial charge in [0.1, 0.15) is 5.51 Å². The Morgan fingerprint density at radius 3 is 3.00 bits per heavy atom. The molecule has 1 unspecified atom stereocenters. The quantitative estimate of drug-likeness (QED) is 0.876. The molecule has 1 aromatic rings. The van der Waals surface area contributed by atoms with Crippen LogP contribution in [0.5, 0.6) is 0 Å². The number of aliphatic carboxylic acids is 1. The van der Waals surface area contributed by atoms with Gasteiger partial charge in [-0.15, -0.1) is 10.2 Å². The summed E-state index contributed by atoms with van der Waals surface area (Å²) in [6.45, 7) is 2.66. The van der Waals surface area contributed by atoms with Gasteiger partial charge in [0.05, 0.1) is 5.41 Å². The van der Waals surface area contributed by atoms with Crippen LogP contribution in [-0.2, 0) is 4.79 Å². The molecule has 1 saturated heterocycles. The fourth-order valence-corrected chi connectivity index (χ4v) is 2.84. The van der Waals surface area contributed by atoms with Crippen molar-refractivity contribution in [2.24, 2.45) is 5.41 Å². The van der Waals surface area contributed by atoms with Gasteiger partial charge in [-0.25, -0.2) is 4.79 Å². The first-order valence-electron chi connectivity index (χ1n) is 6.13. The van der Waals surface area contributed by atoms with Crippen molar-refractivity contribution in [2.45, 2.75) is 26.2 Å². The van der Waals surface area contributed by atoms with Gasteiger partial charge < -0.3 is 10.0 Å². The van der Waals surface area contributed by atoms with Crippen molar-refractivity contribution in [1.82, 2.24) is 15.1 Å². The van der Waals surface area contributed by atoms with Crippen LogP contribution in [0.1, 0.15) is 26.2 Å². The number of nitrogens with zero attached hydrogens (tertiary/aromatic N) is 3. The minimum Gasteiger partial charge on any atom is -0.481 e. The van der Waals surface area contributed by atoms with Crippen LogP contribution in [0.4, 0.5) is 9.93 Å². The lowest BCUT2D eigenvalue weighted by Crippen LogP contribution is -2.38. The number of carboxylic acid groups (broad SMARTS) is 1. The molecule has 1 aromatic heterocycles. The number of carboxylic acids is 1. The zero-order valence-electron chi connectivity index (χ0n) is 10.6. The number of rotatable bonds is 4. The fourth-order valence-electron chi connectivity index (χ4n) is 2.41. The SMILES string of the molecule is CCCC1(C(=O)O)CCN(C(=O)Nc2nncs2)C1. The summed E-state index contributed by atoms with van der Waals surface area (Å²) in [5.41, 5.74) is 0.728. The first-order valence-corrected chi connectivity index (χ1v) is 7.01. The molecule has 7 nitrogen and oxygen atoms in total. The molecule has 1 fully saturated rings. The second-order valence-corrected chi connectivity index (χ2v) is 5.51. The van der Waals surface area contributed by atoms with E-state index in [1.165, 1.54) is 21.7 Å². The highest BCUT2D eigenvalue weighted by Gasteiger charge is 2.45. The Balaban J connectivity index is 2.00. The zero-order chi connectivity index (χ0) is 13.9. The van der Waals surface area contributed by atoms with E-state index in [0.29, 0.717) is 24.5 Å². The summed E-state index contributed by atoms with van der Waals surface area (Å²) < 4.78 is 0. The van der Waals surface area contributed by atoms with Crippen molar-refractivity contribution >= 4 is 28.5 Å². The third kappa shape index (κ3) is 2.83. The van der Waals surface area contributed by atoms with Gasteiger partial charge in [0.2, 0.25) is 5.13 Å². The van der Waals surface area contributed by atoms with Crippen molar-refractivity contribution in [1.29, 1.82) is 0 Å². The molecule has 0 saturated carbocycles. The molecule has 0 radical (unpaired) electrons. The summed E-state index contributed by atoms with van der Waals surface area (Å²) >= 11 is 1.23. The molecule has 0 bridgehead atoms. The van der Waals surface area contributed by atoms with Gasteiger partial charge in [-0.1, -0.05) is 24.7 Å². The topological polar surface area (TPSA) is 95.4 Å². The lowest BCUT2D eigenvalue weighted by Gasteiger charge is -2.24. The van der Waals surface area contributed by atoms with E-state index in [0.717, 1.165) is 6.42 Å². The Labute approximate surface area is 114 Å². The molecule has 2 N–H and O–H groups in total. The Bertz CT molecular complexity index is 465. The molecule has 2 amide bonds. The Hall–Kier alpha value is -1.70. The number of urea groups is 1. The van der Waals surface area contributed by atoms with Crippen LogP contribution in [0.3, 0.4) is 0 Å². The average Bonchev–Trinajstić information content (AvgIpc) is 2.99. The lowest BCUT2D eigenvalue weighted by atomic mass is 9.83. The number of nitrogens with one attached hydrogen (secondary N) is 1. The van der Waals surface area contributed by atoms with Crippen molar-refractivity contribution < 1.29 is 14.7 Å². The predicted octanol–water partition coefficient (Wildman–Crippen LogP) is 1.65. The number of hydrogen-bond acceptors (Lipinski definition) is 5. The maximum Gasteiger partial charge on any atom is 0.323 e. The monoisotopic (exact) mass is 284 g/mol. The second kappa shape index (κ2) is 5.52. The standard InChI is InChI=1S/C11H16N4O3S/c1-2-3-11(8(16)17)4-5-15(6-11)10(18)13-9-14-12-7-19-9/h7H,2-6H2,1H3,(H,16,17)(H,13,14,18). The second-order valence-electron chi connectivity index (χ2n) is 4.68. The van der Waals surface area contributed by atoms with Crippen LogP contribution in [0.15, 0.2) is 5.51 Å². The summed E-state index contributed by atoms with van der Waals surface area (Å²) in [4.78, 5) is 24.9. The van der Waals surface area contributed by atoms with E-state index in [2.05, 4.69) is 15.5 Å². The Morgan fingerprint density at radius 2 is 2.42 bits per heavy atom. The van der Waals surface area contributed by atoms with Gasteiger partial charge in [-0.2, -0.15) is 0 Å². The minimum atomic E-state index is -0.819. The van der Waals surface area contributed by atoms with Crippen LogP contribution >= 0.6 is 11.3 Å². The maximum absolute atomic E-state index is 12.0. The molecule has 2 rings (SSSR count). The number of likely N-dealkylation sites (tertiary alicyclic amines) is 1. The van der Waals surface area contributed by atoms with Gasteiger partial charge in [0, 0.05) is 13.1 Å². The van der Waals surface area contributed by atoms with Crippen molar-refractivity contribution in [3.63, 3.8) is 0 Å². The van der Waals surface area contributed by atoms with Crippen molar-refractivity contribution in [2.75, 3.05) is 18.4 Å². The van der Waals surface area contributed by atoms with Crippen molar-refractivity contribution in [3.05, 3.63) is 5.51 Å². The summed E-state index contributed by atoms with van der Waals surface area (Å²) in [5, 5.41) is 19.8. The van der Waals surface area contributed by atoms with E-state index in [9.17, 15) is 14.7 Å². The molecule has 104 valence electrons. The average molecular weight is 284 g/mol. The lowest BCUT2D eigenvalue weighted by molar-refractivity contribution is -0.148. The third-order valence-corrected chi connectivity index (χ3v) is 4.00. The molecule has 0 spiro atoms. The van der Waals surface area contributed by atoms with E-state index in [4.69, 9.17) is 0 Å². The van der Waals surface area contributed by atoms with Crippen molar-refractivity contribution in [3.8, 4) is 0 Å². The number of carbonyl (C=O) groups excluding carboxylic acids is 1. The van der Waals surface area contributed by atoms with Crippen LogP contribution in [-0.4, -0.2) is 45.3 Å². The molecule has 1 atom stereocenters. The molecular formula is C11H16N4O3S. The summed E-state index contributed by atoms with van der Waals surface area (Å²) in [7, 11) is 0. The molecule has 1 aliphatic rings. The van der Waals surface area contributed by atoms with Gasteiger partial charge in [0.25, 0.3) is 0 Å². The van der Waals surface area contributed by atoms with Crippen LogP contribution < -0.4 is 5.32 Å². The van der Waals surface area contributed by atoms with E-state index in [1.807, 2.05) is 6.92 Å². The number of anilines is 1. The van der Waals surface area contributed by atoms with Gasteiger partial charge in [-0.05, 0) is 12.8 Å². The molecule has 19 heavy (non-hydrogen) atoms. The van der Waals surface area contributed by atoms with Crippen LogP contribution in [0.25, 0.3) is 0 Å². The number of aromatic nitrogens is 2. The van der Waals surface area contributed by atoms with Crippen LogP contribution in [0, 0.1) is 5.41 Å². The van der Waals surface area contributed by atoms with Crippen LogP contribution in [0.2, 0.25) is 0 Å². The first-order chi connectivity index (χ1) is 9.07. The minimum absolute atomic E-state index is 0.251. The number of amides is 2. The number of carbonyl (C=O) groups is 2. The zero-order valence-corrected chi connectivity index (χ0v) is 11.4. The molecule has 0 aliphatic carbocycles. The van der Waals surface area contributed by atoms with Gasteiger partial charge >= 0.3 is 12.0 Å². The molecular weight excluding hydrogens is 268 g/mol. The molecule has 2 heterocycles. The van der Waals surface area contributed by atoms with Gasteiger partial charge in [0.15, 0.2) is 0 Å². The first kappa shape index (κ1) is 13.7. The smallest absolute Gasteiger partial charge is 0.323 e. The van der Waals surface area contributed by atoms with E-state index in [-0.39, 0.29) is 12.6 Å². The largest absolute Gasteiger partial charge is 0.481 e. The Morgan fingerprint density at radius 1 is 1.63 bits per heavy atom. The summed E-state index contributed by atoms with van der Waals surface area (Å²) in [5.74, 6) is -0.819. The van der Waals surface area contributed by atoms with Gasteiger partial charge in [-0.3, -0.25) is 10.1 Å². The molecule has 0 aromatic carbocycles. The fraction of sp³-hybridized carbons (Fsp3) is 0.636. The molecule has 8 heteroatoms. The van der Waals surface area contributed by atoms with E-state index >= 15 is 0 Å².